The van der Waals surface area contributed by atoms with Crippen LogP contribution in [-0.4, -0.2) is 6.61 Å². The van der Waals surface area contributed by atoms with E-state index < -0.39 is 0 Å². The van der Waals surface area contributed by atoms with Gasteiger partial charge in [-0.2, -0.15) is 0 Å². The van der Waals surface area contributed by atoms with Gasteiger partial charge in [-0.15, -0.1) is 0 Å². The van der Waals surface area contributed by atoms with Gasteiger partial charge in [-0.25, -0.2) is 0 Å². The van der Waals surface area contributed by atoms with Gasteiger partial charge in [0.1, 0.15) is 0 Å². The molecule has 0 bridgehead atoms. The molecule has 0 amide bonds. The van der Waals surface area contributed by atoms with Gasteiger partial charge in [-0.1, -0.05) is 69.7 Å². The maximum Gasteiger partial charge on any atom is 0.0717 e. The average Bonchev–Trinajstić information content (AvgIpc) is 2.40. The predicted octanol–water partition coefficient (Wildman–Crippen LogP) is 5.22. The molecule has 106 valence electrons. The van der Waals surface area contributed by atoms with Gasteiger partial charge in [-0.3, -0.25) is 0 Å². The molecule has 0 fully saturated rings. The van der Waals surface area contributed by atoms with Crippen molar-refractivity contribution < 1.29 is 4.74 Å². The molecule has 0 N–H and O–H groups in total. The van der Waals surface area contributed by atoms with E-state index >= 15 is 0 Å². The van der Waals surface area contributed by atoms with E-state index in [0.717, 1.165) is 19.6 Å². The quantitative estimate of drug-likeness (QED) is 0.553. The minimum atomic E-state index is 0.591. The van der Waals surface area contributed by atoms with Crippen LogP contribution < -0.4 is 0 Å². The van der Waals surface area contributed by atoms with Crippen LogP contribution in [0.4, 0.5) is 0 Å². The molecule has 0 saturated carbocycles. The molecule has 2 atom stereocenters. The Bertz CT molecular complexity index is 342. The van der Waals surface area contributed by atoms with Crippen molar-refractivity contribution in [3.63, 3.8) is 0 Å². The van der Waals surface area contributed by atoms with Gasteiger partial charge in [0.05, 0.1) is 6.61 Å². The summed E-state index contributed by atoms with van der Waals surface area (Å²) in [6, 6.07) is 10.4. The highest BCUT2D eigenvalue weighted by molar-refractivity contribution is 5.13. The number of hydrogen-bond acceptors (Lipinski definition) is 1. The maximum atomic E-state index is 5.75. The molecule has 1 rings (SSSR count). The van der Waals surface area contributed by atoms with Crippen LogP contribution in [0.5, 0.6) is 0 Å². The Kier molecular flexibility index (Phi) is 8.24. The Morgan fingerprint density at radius 1 is 1.16 bits per heavy atom. The van der Waals surface area contributed by atoms with Crippen LogP contribution in [0.3, 0.4) is 0 Å². The summed E-state index contributed by atoms with van der Waals surface area (Å²) in [6.07, 6.45) is 8.33. The van der Waals surface area contributed by atoms with E-state index in [-0.39, 0.29) is 0 Å². The van der Waals surface area contributed by atoms with E-state index in [1.54, 1.807) is 0 Å². The summed E-state index contributed by atoms with van der Waals surface area (Å²) in [5, 5.41) is 0. The van der Waals surface area contributed by atoms with E-state index in [0.29, 0.717) is 11.8 Å². The first-order valence-corrected chi connectivity index (χ1v) is 7.50. The Labute approximate surface area is 118 Å². The first-order valence-electron chi connectivity index (χ1n) is 7.50. The molecule has 0 aliphatic heterocycles. The molecule has 1 aromatic rings. The number of rotatable bonds is 9. The maximum absolute atomic E-state index is 5.75. The zero-order valence-corrected chi connectivity index (χ0v) is 12.6. The molecule has 0 aromatic heterocycles. The van der Waals surface area contributed by atoms with Crippen molar-refractivity contribution in [2.75, 3.05) is 6.61 Å². The summed E-state index contributed by atoms with van der Waals surface area (Å²) in [5.41, 5.74) is 1.25. The average molecular weight is 260 g/mol. The number of benzene rings is 1. The van der Waals surface area contributed by atoms with Gasteiger partial charge in [-0.05, 0) is 30.2 Å². The van der Waals surface area contributed by atoms with E-state index in [2.05, 4.69) is 57.2 Å². The topological polar surface area (TPSA) is 9.23 Å². The van der Waals surface area contributed by atoms with Gasteiger partial charge in [0.25, 0.3) is 0 Å². The van der Waals surface area contributed by atoms with Crippen molar-refractivity contribution in [3.05, 3.63) is 48.0 Å². The van der Waals surface area contributed by atoms with Crippen LogP contribution in [-0.2, 0) is 11.3 Å². The van der Waals surface area contributed by atoms with E-state index in [9.17, 15) is 0 Å². The second kappa shape index (κ2) is 9.80. The molecule has 0 saturated heterocycles. The Balaban J connectivity index is 2.12. The fraction of sp³-hybridized carbons (Fsp3) is 0.556. The highest BCUT2D eigenvalue weighted by Crippen LogP contribution is 2.10. The lowest BCUT2D eigenvalue weighted by Crippen LogP contribution is -2.05. The predicted molar refractivity (Wildman–Crippen MR) is 83.1 cm³/mol. The lowest BCUT2D eigenvalue weighted by Gasteiger charge is -2.10. The van der Waals surface area contributed by atoms with Crippen molar-refractivity contribution in [2.45, 2.75) is 46.6 Å². The van der Waals surface area contributed by atoms with Crippen LogP contribution in [0.1, 0.15) is 45.6 Å². The molecule has 0 aliphatic carbocycles. The number of ether oxygens (including phenoxy) is 1. The minimum absolute atomic E-state index is 0.591. The Hall–Kier alpha value is -1.08. The smallest absolute Gasteiger partial charge is 0.0717 e. The third-order valence-electron chi connectivity index (χ3n) is 3.26. The molecule has 19 heavy (non-hydrogen) atoms. The van der Waals surface area contributed by atoms with Gasteiger partial charge < -0.3 is 4.74 Å². The Morgan fingerprint density at radius 2 is 1.89 bits per heavy atom. The van der Waals surface area contributed by atoms with Gasteiger partial charge >= 0.3 is 0 Å². The van der Waals surface area contributed by atoms with Crippen molar-refractivity contribution in [1.82, 2.24) is 0 Å². The monoisotopic (exact) mass is 260 g/mol. The van der Waals surface area contributed by atoms with Crippen molar-refractivity contribution in [1.29, 1.82) is 0 Å². The zero-order valence-electron chi connectivity index (χ0n) is 12.6. The van der Waals surface area contributed by atoms with E-state index in [4.69, 9.17) is 4.74 Å². The summed E-state index contributed by atoms with van der Waals surface area (Å²) >= 11 is 0. The summed E-state index contributed by atoms with van der Waals surface area (Å²) in [5.74, 6) is 1.30. The summed E-state index contributed by atoms with van der Waals surface area (Å²) in [4.78, 5) is 0. The van der Waals surface area contributed by atoms with Gasteiger partial charge in [0, 0.05) is 6.61 Å². The lowest BCUT2D eigenvalue weighted by atomic mass is 10.0. The molecular weight excluding hydrogens is 232 g/mol. The second-order valence-electron chi connectivity index (χ2n) is 5.54. The fourth-order valence-electron chi connectivity index (χ4n) is 2.11. The summed E-state index contributed by atoms with van der Waals surface area (Å²) < 4.78 is 5.75. The Morgan fingerprint density at radius 3 is 2.58 bits per heavy atom. The van der Waals surface area contributed by atoms with Crippen LogP contribution in [0, 0.1) is 11.8 Å². The van der Waals surface area contributed by atoms with Crippen LogP contribution in [0.15, 0.2) is 42.5 Å². The third-order valence-corrected chi connectivity index (χ3v) is 3.26. The first-order chi connectivity index (χ1) is 9.22. The van der Waals surface area contributed by atoms with Crippen molar-refractivity contribution >= 4 is 0 Å². The lowest BCUT2D eigenvalue weighted by molar-refractivity contribution is 0.0929. The normalized spacial score (nSPS) is 14.7. The van der Waals surface area contributed by atoms with Crippen LogP contribution in [0.25, 0.3) is 0 Å². The molecule has 1 nitrogen and oxygen atoms in total. The standard InChI is InChI=1S/C18H28O/c1-4-9-16(2)10-8-11-17(3)14-19-15-18-12-6-5-7-13-18/h5-8,10,12-13,16-17H,4,9,11,14-15H2,1-3H3/b10-8+/t16-,17+/m1/s1. The second-order valence-corrected chi connectivity index (χ2v) is 5.54. The summed E-state index contributed by atoms with van der Waals surface area (Å²) in [7, 11) is 0. The molecule has 1 heteroatoms. The molecule has 0 unspecified atom stereocenters. The van der Waals surface area contributed by atoms with Gasteiger partial charge in [0.15, 0.2) is 0 Å². The van der Waals surface area contributed by atoms with E-state index in [1.807, 2.05) is 6.07 Å². The fourth-order valence-corrected chi connectivity index (χ4v) is 2.11. The largest absolute Gasteiger partial charge is 0.376 e. The number of allylic oxidation sites excluding steroid dienone is 2. The summed E-state index contributed by atoms with van der Waals surface area (Å²) in [6.45, 7) is 8.34. The van der Waals surface area contributed by atoms with Crippen LogP contribution >= 0.6 is 0 Å². The molecule has 1 aromatic carbocycles. The van der Waals surface area contributed by atoms with Crippen molar-refractivity contribution in [3.8, 4) is 0 Å². The highest BCUT2D eigenvalue weighted by atomic mass is 16.5. The molecule has 0 radical (unpaired) electrons. The minimum Gasteiger partial charge on any atom is -0.376 e. The highest BCUT2D eigenvalue weighted by Gasteiger charge is 2.01. The van der Waals surface area contributed by atoms with E-state index in [1.165, 1.54) is 18.4 Å². The molecule has 0 aliphatic rings. The zero-order chi connectivity index (χ0) is 13.9. The molecule has 0 heterocycles. The van der Waals surface area contributed by atoms with Gasteiger partial charge in [0.2, 0.25) is 0 Å². The molecular formula is C18H28O. The third kappa shape index (κ3) is 7.84. The SMILES string of the molecule is CCC[C@@H](C)/C=C/C[C@H](C)COCc1ccccc1. The van der Waals surface area contributed by atoms with Crippen molar-refractivity contribution in [2.24, 2.45) is 11.8 Å². The molecule has 0 spiro atoms. The van der Waals surface area contributed by atoms with Crippen LogP contribution in [0.2, 0.25) is 0 Å². The number of hydrogen-bond donors (Lipinski definition) is 0. The first kappa shape index (κ1) is 16.0.